The molecule has 12 rings (SSSR count). The number of thioether (sulfide) groups is 1. The lowest BCUT2D eigenvalue weighted by atomic mass is 9.64. The van der Waals surface area contributed by atoms with Crippen molar-refractivity contribution in [1.29, 1.82) is 0 Å². The summed E-state index contributed by atoms with van der Waals surface area (Å²) in [5, 5.41) is 1.16. The molecule has 0 saturated carbocycles. The highest BCUT2D eigenvalue weighted by atomic mass is 32.2. The fourth-order valence-corrected chi connectivity index (χ4v) is 11.4. The van der Waals surface area contributed by atoms with Gasteiger partial charge >= 0.3 is 0 Å². The normalized spacial score (nSPS) is 14.6. The van der Waals surface area contributed by atoms with Crippen molar-refractivity contribution in [2.24, 2.45) is 0 Å². The molecule has 3 nitrogen and oxygen atoms in total. The van der Waals surface area contributed by atoms with Crippen LogP contribution in [0, 0.1) is 0 Å². The molecular formula is C56H37N3S. The third-order valence-corrected chi connectivity index (χ3v) is 13.8. The van der Waals surface area contributed by atoms with Gasteiger partial charge in [-0.05, 0) is 75.1 Å². The van der Waals surface area contributed by atoms with Crippen LogP contribution in [0.2, 0.25) is 0 Å². The maximum atomic E-state index is 5.43. The summed E-state index contributed by atoms with van der Waals surface area (Å²) < 4.78 is 0. The van der Waals surface area contributed by atoms with E-state index in [0.29, 0.717) is 5.82 Å². The van der Waals surface area contributed by atoms with Crippen LogP contribution in [0.5, 0.6) is 0 Å². The van der Waals surface area contributed by atoms with Crippen molar-refractivity contribution < 1.29 is 0 Å². The van der Waals surface area contributed by atoms with Crippen molar-refractivity contribution in [3.8, 4) is 56.2 Å². The van der Waals surface area contributed by atoms with Gasteiger partial charge in [0.15, 0.2) is 5.82 Å². The summed E-state index contributed by atoms with van der Waals surface area (Å²) >= 11 is 1.91. The first-order valence-electron chi connectivity index (χ1n) is 20.7. The monoisotopic (exact) mass is 783 g/mol. The van der Waals surface area contributed by atoms with Gasteiger partial charge in [-0.15, -0.1) is 0 Å². The number of pyridine rings is 1. The number of para-hydroxylation sites is 1. The Balaban J connectivity index is 1.13. The van der Waals surface area contributed by atoms with Gasteiger partial charge in [0.2, 0.25) is 0 Å². The molecule has 2 aromatic heterocycles. The zero-order chi connectivity index (χ0) is 39.6. The molecular weight excluding hydrogens is 747 g/mol. The van der Waals surface area contributed by atoms with Crippen LogP contribution in [0.1, 0.15) is 35.1 Å². The molecule has 1 spiro atoms. The largest absolute Gasteiger partial charge is 0.256 e. The molecule has 0 atom stereocenters. The molecule has 60 heavy (non-hydrogen) atoms. The van der Waals surface area contributed by atoms with Gasteiger partial charge in [0.25, 0.3) is 0 Å². The minimum absolute atomic E-state index is 0.520. The molecule has 7 aromatic carbocycles. The molecule has 0 saturated heterocycles. The van der Waals surface area contributed by atoms with Crippen LogP contribution in [0.4, 0.5) is 0 Å². The summed E-state index contributed by atoms with van der Waals surface area (Å²) in [5.41, 5.74) is 18.3. The van der Waals surface area contributed by atoms with Crippen molar-refractivity contribution in [2.75, 3.05) is 0 Å². The van der Waals surface area contributed by atoms with Gasteiger partial charge in [0.1, 0.15) is 0 Å². The van der Waals surface area contributed by atoms with Crippen LogP contribution < -0.4 is 0 Å². The van der Waals surface area contributed by atoms with E-state index in [1.165, 1.54) is 65.5 Å². The van der Waals surface area contributed by atoms with Gasteiger partial charge in [-0.2, -0.15) is 0 Å². The average Bonchev–Trinajstić information content (AvgIpc) is 3.62. The first kappa shape index (κ1) is 34.9. The topological polar surface area (TPSA) is 38.7 Å². The number of fused-ring (bicyclic) bond motifs is 10. The van der Waals surface area contributed by atoms with Gasteiger partial charge < -0.3 is 0 Å². The van der Waals surface area contributed by atoms with Crippen LogP contribution in [0.3, 0.4) is 0 Å². The van der Waals surface area contributed by atoms with Crippen LogP contribution in [-0.2, 0) is 5.41 Å². The molecule has 0 unspecified atom stereocenters. The molecule has 282 valence electrons. The van der Waals surface area contributed by atoms with Crippen LogP contribution in [-0.4, -0.2) is 15.0 Å². The highest BCUT2D eigenvalue weighted by molar-refractivity contribution is 8.03. The van der Waals surface area contributed by atoms with Gasteiger partial charge in [-0.1, -0.05) is 194 Å². The lowest BCUT2D eigenvalue weighted by molar-refractivity contribution is 0.727. The highest BCUT2D eigenvalue weighted by Gasteiger charge is 2.53. The standard InChI is InChI=1S/C56H37N3S/c1-3-15-36(16-4-1)37-30-32-38(33-31-37)50-35-51(59-55(58-50)40-17-5-2-6-18-40)45-25-13-29-49-54(45)60-53-44(43-23-11-19-39-20-14-34-57-52(39)43)24-12-28-48(53)56(49)46-26-9-7-21-41(46)42-22-8-10-27-47(42)56/h1-11,13-23,25-35H,12,24H2. The highest BCUT2D eigenvalue weighted by Crippen LogP contribution is 2.66. The minimum Gasteiger partial charge on any atom is -0.256 e. The summed E-state index contributed by atoms with van der Waals surface area (Å²) in [7, 11) is 0. The first-order valence-corrected chi connectivity index (χ1v) is 21.5. The number of aromatic nitrogens is 3. The summed E-state index contributed by atoms with van der Waals surface area (Å²) in [5.74, 6) is 0.708. The van der Waals surface area contributed by atoms with Crippen molar-refractivity contribution in [2.45, 2.75) is 23.2 Å². The molecule has 0 bridgehead atoms. The first-order chi connectivity index (χ1) is 29.8. The molecule has 2 aliphatic carbocycles. The van der Waals surface area contributed by atoms with E-state index in [0.717, 1.165) is 51.8 Å². The third kappa shape index (κ3) is 5.34. The number of hydrogen-bond acceptors (Lipinski definition) is 4. The van der Waals surface area contributed by atoms with Crippen LogP contribution in [0.15, 0.2) is 216 Å². The Kier molecular flexibility index (Phi) is 8.14. The maximum absolute atomic E-state index is 5.43. The Bertz CT molecular complexity index is 3170. The molecule has 0 amide bonds. The van der Waals surface area contributed by atoms with Crippen molar-refractivity contribution in [1.82, 2.24) is 15.0 Å². The predicted octanol–water partition coefficient (Wildman–Crippen LogP) is 14.2. The third-order valence-electron chi connectivity index (χ3n) is 12.5. The Hall–Kier alpha value is -7.14. The maximum Gasteiger partial charge on any atom is 0.160 e. The summed E-state index contributed by atoms with van der Waals surface area (Å²) in [6.45, 7) is 0. The lowest BCUT2D eigenvalue weighted by Gasteiger charge is -2.44. The summed E-state index contributed by atoms with van der Waals surface area (Å²) in [4.78, 5) is 18.2. The van der Waals surface area contributed by atoms with E-state index in [1.807, 2.05) is 30.1 Å². The van der Waals surface area contributed by atoms with E-state index in [1.54, 1.807) is 0 Å². The fraction of sp³-hybridized carbons (Fsp3) is 0.0536. The number of benzene rings is 7. The molecule has 4 heteroatoms. The van der Waals surface area contributed by atoms with Crippen LogP contribution >= 0.6 is 11.8 Å². The fourth-order valence-electron chi connectivity index (χ4n) is 9.89. The smallest absolute Gasteiger partial charge is 0.160 e. The van der Waals surface area contributed by atoms with Crippen molar-refractivity contribution in [3.05, 3.63) is 233 Å². The van der Waals surface area contributed by atoms with Crippen molar-refractivity contribution in [3.63, 3.8) is 0 Å². The van der Waals surface area contributed by atoms with Crippen molar-refractivity contribution >= 4 is 28.2 Å². The number of hydrogen-bond donors (Lipinski definition) is 0. The van der Waals surface area contributed by atoms with E-state index >= 15 is 0 Å². The SMILES string of the molecule is C1=C2C(=C(c3cccc4cccnc34)CC1)Sc1c(-c3cc(-c4ccc(-c5ccccc5)cc4)nc(-c4ccccc4)n3)cccc1C21c2ccccc2-c2ccccc21. The quantitative estimate of drug-likeness (QED) is 0.174. The van der Waals surface area contributed by atoms with E-state index in [-0.39, 0.29) is 0 Å². The Morgan fingerprint density at radius 2 is 1.05 bits per heavy atom. The molecule has 0 N–H and O–H groups in total. The second-order valence-electron chi connectivity index (χ2n) is 15.7. The van der Waals surface area contributed by atoms with E-state index < -0.39 is 5.41 Å². The van der Waals surface area contributed by atoms with E-state index in [2.05, 4.69) is 182 Å². The van der Waals surface area contributed by atoms with E-state index in [4.69, 9.17) is 15.0 Å². The summed E-state index contributed by atoms with van der Waals surface area (Å²) in [6, 6.07) is 67.7. The predicted molar refractivity (Wildman–Crippen MR) is 247 cm³/mol. The molecule has 3 aliphatic rings. The zero-order valence-electron chi connectivity index (χ0n) is 32.7. The van der Waals surface area contributed by atoms with Gasteiger partial charge in [-0.3, -0.25) is 4.98 Å². The minimum atomic E-state index is -0.520. The van der Waals surface area contributed by atoms with Gasteiger partial charge in [-0.25, -0.2) is 9.97 Å². The second-order valence-corrected chi connectivity index (χ2v) is 16.8. The molecule has 0 radical (unpaired) electrons. The Morgan fingerprint density at radius 1 is 0.467 bits per heavy atom. The van der Waals surface area contributed by atoms with Crippen LogP contribution in [0.25, 0.3) is 72.6 Å². The second kappa shape index (κ2) is 14.0. The summed E-state index contributed by atoms with van der Waals surface area (Å²) in [6.07, 6.45) is 6.36. The average molecular weight is 784 g/mol. The molecule has 3 heterocycles. The van der Waals surface area contributed by atoms with E-state index in [9.17, 15) is 0 Å². The van der Waals surface area contributed by atoms with Gasteiger partial charge in [0.05, 0.1) is 22.3 Å². The van der Waals surface area contributed by atoms with Gasteiger partial charge in [0, 0.05) is 43.6 Å². The lowest BCUT2D eigenvalue weighted by Crippen LogP contribution is -2.34. The Labute approximate surface area is 353 Å². The zero-order valence-corrected chi connectivity index (χ0v) is 33.5. The molecule has 1 aliphatic heterocycles. The molecule has 0 fully saturated rings. The number of rotatable bonds is 5. The Morgan fingerprint density at radius 3 is 1.82 bits per heavy atom. The number of nitrogens with zero attached hydrogens (tertiary/aromatic N) is 3. The molecule has 9 aromatic rings. The number of allylic oxidation sites excluding steroid dienone is 3.